The van der Waals surface area contributed by atoms with Gasteiger partial charge >= 0.3 is 5.97 Å². The van der Waals surface area contributed by atoms with Crippen LogP contribution < -0.4 is 14.2 Å². The van der Waals surface area contributed by atoms with Crippen LogP contribution in [0.4, 0.5) is 0 Å². The van der Waals surface area contributed by atoms with E-state index in [2.05, 4.69) is 0 Å². The normalized spacial score (nSPS) is 10.6. The molecule has 0 amide bonds. The van der Waals surface area contributed by atoms with Gasteiger partial charge in [0.15, 0.2) is 11.5 Å². The first-order valence-corrected chi connectivity index (χ1v) is 7.50. The minimum Gasteiger partial charge on any atom is -0.497 e. The number of aryl methyl sites for hydroxylation is 1. The van der Waals surface area contributed by atoms with Crippen LogP contribution in [0.3, 0.4) is 0 Å². The molecule has 0 saturated carbocycles. The van der Waals surface area contributed by atoms with Crippen molar-refractivity contribution in [3.63, 3.8) is 0 Å². The van der Waals surface area contributed by atoms with E-state index in [9.17, 15) is 4.79 Å². The van der Waals surface area contributed by atoms with E-state index in [1.165, 1.54) is 0 Å². The summed E-state index contributed by atoms with van der Waals surface area (Å²) in [4.78, 5) is 12.3. The number of esters is 1. The highest BCUT2D eigenvalue weighted by Crippen LogP contribution is 2.29. The van der Waals surface area contributed by atoms with E-state index in [1.807, 2.05) is 31.2 Å². The van der Waals surface area contributed by atoms with Gasteiger partial charge in [-0.15, -0.1) is 0 Å². The topological polar surface area (TPSA) is 57.9 Å². The van der Waals surface area contributed by atoms with Gasteiger partial charge in [0.25, 0.3) is 0 Å². The van der Waals surface area contributed by atoms with Crippen molar-refractivity contribution in [1.29, 1.82) is 0 Å². The molecule has 0 aliphatic heterocycles. The minimum absolute atomic E-state index is 0.107. The first-order valence-electron chi connectivity index (χ1n) is 7.50. The molecule has 0 radical (unpaired) electrons. The van der Waals surface area contributed by atoms with E-state index in [1.54, 1.807) is 32.6 Å². The van der Waals surface area contributed by atoms with Crippen molar-refractivity contribution >= 4 is 16.9 Å². The van der Waals surface area contributed by atoms with Crippen molar-refractivity contribution in [2.45, 2.75) is 13.3 Å². The van der Waals surface area contributed by atoms with Crippen LogP contribution >= 0.6 is 0 Å². The van der Waals surface area contributed by atoms with E-state index in [-0.39, 0.29) is 12.4 Å². The van der Waals surface area contributed by atoms with Crippen LogP contribution in [-0.2, 0) is 11.2 Å². The van der Waals surface area contributed by atoms with Gasteiger partial charge in [0.1, 0.15) is 11.3 Å². The minimum atomic E-state index is -0.379. The lowest BCUT2D eigenvalue weighted by Gasteiger charge is -2.09. The van der Waals surface area contributed by atoms with E-state index in [0.717, 1.165) is 16.5 Å². The first-order chi connectivity index (χ1) is 11.6. The number of benzene rings is 2. The maximum absolute atomic E-state index is 12.3. The number of carbonyl (C=O) groups excluding carboxylic acids is 1. The van der Waals surface area contributed by atoms with Gasteiger partial charge in [0, 0.05) is 17.0 Å². The van der Waals surface area contributed by atoms with Crippen LogP contribution in [0, 0.1) is 6.92 Å². The molecular formula is C19H18O5. The fraction of sp³-hybridized carbons (Fsp3) is 0.211. The summed E-state index contributed by atoms with van der Waals surface area (Å²) in [5, 5.41) is 0.864. The molecule has 0 aliphatic rings. The second-order valence-corrected chi connectivity index (χ2v) is 5.43. The Hall–Kier alpha value is -2.95. The molecule has 3 rings (SSSR count). The molecular weight excluding hydrogens is 308 g/mol. The van der Waals surface area contributed by atoms with Crippen LogP contribution in [0.5, 0.6) is 17.2 Å². The average Bonchev–Trinajstić information content (AvgIpc) is 2.98. The fourth-order valence-corrected chi connectivity index (χ4v) is 2.50. The molecule has 0 aliphatic carbocycles. The van der Waals surface area contributed by atoms with Crippen molar-refractivity contribution in [3.8, 4) is 17.2 Å². The Morgan fingerprint density at radius 1 is 1.04 bits per heavy atom. The van der Waals surface area contributed by atoms with Crippen molar-refractivity contribution in [2.24, 2.45) is 0 Å². The summed E-state index contributed by atoms with van der Waals surface area (Å²) in [5.41, 5.74) is 2.47. The van der Waals surface area contributed by atoms with Crippen molar-refractivity contribution in [1.82, 2.24) is 0 Å². The lowest BCUT2D eigenvalue weighted by atomic mass is 10.1. The molecule has 0 unspecified atom stereocenters. The van der Waals surface area contributed by atoms with Gasteiger partial charge in [-0.05, 0) is 36.8 Å². The molecule has 5 heteroatoms. The molecule has 0 saturated heterocycles. The van der Waals surface area contributed by atoms with Gasteiger partial charge in [-0.25, -0.2) is 0 Å². The molecule has 5 nitrogen and oxygen atoms in total. The Morgan fingerprint density at radius 3 is 2.62 bits per heavy atom. The van der Waals surface area contributed by atoms with Gasteiger partial charge < -0.3 is 18.6 Å². The number of ether oxygens (including phenoxy) is 3. The Balaban J connectivity index is 1.78. The number of methoxy groups -OCH3 is 2. The van der Waals surface area contributed by atoms with E-state index in [0.29, 0.717) is 22.8 Å². The number of rotatable bonds is 5. The second kappa shape index (κ2) is 6.66. The molecule has 2 aromatic carbocycles. The molecule has 0 N–H and O–H groups in total. The quantitative estimate of drug-likeness (QED) is 0.525. The first kappa shape index (κ1) is 15.9. The lowest BCUT2D eigenvalue weighted by molar-refractivity contribution is -0.133. The molecule has 124 valence electrons. The molecule has 1 heterocycles. The van der Waals surface area contributed by atoms with Crippen molar-refractivity contribution < 1.29 is 23.4 Å². The van der Waals surface area contributed by atoms with Crippen molar-refractivity contribution in [2.75, 3.05) is 14.2 Å². The van der Waals surface area contributed by atoms with Gasteiger partial charge in [-0.1, -0.05) is 6.07 Å². The molecule has 3 aromatic rings. The zero-order valence-corrected chi connectivity index (χ0v) is 13.8. The maximum atomic E-state index is 12.3. The van der Waals surface area contributed by atoms with E-state index < -0.39 is 0 Å². The molecule has 1 aromatic heterocycles. The lowest BCUT2D eigenvalue weighted by Crippen LogP contribution is -2.11. The third-order valence-corrected chi connectivity index (χ3v) is 3.74. The summed E-state index contributed by atoms with van der Waals surface area (Å²) >= 11 is 0. The third kappa shape index (κ3) is 3.20. The monoisotopic (exact) mass is 326 g/mol. The fourth-order valence-electron chi connectivity index (χ4n) is 2.50. The third-order valence-electron chi connectivity index (χ3n) is 3.74. The summed E-state index contributed by atoms with van der Waals surface area (Å²) in [6.45, 7) is 1.94. The molecule has 0 atom stereocenters. The van der Waals surface area contributed by atoms with E-state index in [4.69, 9.17) is 18.6 Å². The summed E-state index contributed by atoms with van der Waals surface area (Å²) in [5.74, 6) is 1.26. The summed E-state index contributed by atoms with van der Waals surface area (Å²) in [7, 11) is 3.14. The largest absolute Gasteiger partial charge is 0.497 e. The highest BCUT2D eigenvalue weighted by molar-refractivity contribution is 5.87. The van der Waals surface area contributed by atoms with Crippen LogP contribution in [0.1, 0.15) is 11.1 Å². The number of hydrogen-bond acceptors (Lipinski definition) is 5. The highest BCUT2D eigenvalue weighted by atomic mass is 16.6. The number of furan rings is 1. The molecule has 0 spiro atoms. The molecule has 0 fully saturated rings. The van der Waals surface area contributed by atoms with Crippen LogP contribution in [0.15, 0.2) is 47.1 Å². The summed E-state index contributed by atoms with van der Waals surface area (Å²) in [6, 6.07) is 10.9. The second-order valence-electron chi connectivity index (χ2n) is 5.43. The number of fused-ring (bicyclic) bond motifs is 1. The van der Waals surface area contributed by atoms with Gasteiger partial charge in [-0.3, -0.25) is 4.79 Å². The number of hydrogen-bond donors (Lipinski definition) is 0. The highest BCUT2D eigenvalue weighted by Gasteiger charge is 2.15. The Morgan fingerprint density at radius 2 is 1.88 bits per heavy atom. The van der Waals surface area contributed by atoms with Crippen LogP contribution in [-0.4, -0.2) is 20.2 Å². The Bertz CT molecular complexity index is 879. The predicted molar refractivity (Wildman–Crippen MR) is 89.8 cm³/mol. The van der Waals surface area contributed by atoms with Crippen LogP contribution in [0.25, 0.3) is 11.0 Å². The van der Waals surface area contributed by atoms with Gasteiger partial charge in [0.05, 0.1) is 26.9 Å². The Kier molecular flexibility index (Phi) is 4.42. The van der Waals surface area contributed by atoms with Crippen molar-refractivity contribution in [3.05, 3.63) is 53.8 Å². The zero-order chi connectivity index (χ0) is 17.1. The predicted octanol–water partition coefficient (Wildman–Crippen LogP) is 3.91. The van der Waals surface area contributed by atoms with Gasteiger partial charge in [-0.2, -0.15) is 0 Å². The standard InChI is InChI=1S/C19H18O5/c1-12-4-7-16(18(8-12)22-3)24-19(20)9-13-11-23-17-10-14(21-2)5-6-15(13)17/h4-8,10-11H,9H2,1-3H3. The average molecular weight is 326 g/mol. The van der Waals surface area contributed by atoms with Crippen LogP contribution in [0.2, 0.25) is 0 Å². The van der Waals surface area contributed by atoms with E-state index >= 15 is 0 Å². The SMILES string of the molecule is COc1ccc2c(CC(=O)Oc3ccc(C)cc3OC)coc2c1. The zero-order valence-electron chi connectivity index (χ0n) is 13.8. The Labute approximate surface area is 139 Å². The molecule has 0 bridgehead atoms. The summed E-state index contributed by atoms with van der Waals surface area (Å²) < 4.78 is 21.3. The molecule has 24 heavy (non-hydrogen) atoms. The number of carbonyl (C=O) groups is 1. The maximum Gasteiger partial charge on any atom is 0.315 e. The smallest absolute Gasteiger partial charge is 0.315 e. The van der Waals surface area contributed by atoms with Gasteiger partial charge in [0.2, 0.25) is 0 Å². The summed E-state index contributed by atoms with van der Waals surface area (Å²) in [6.07, 6.45) is 1.67.